The standard InChI is InChI=1S/C11H14N2O4S/c1-6(2)13-9(14)5-12-10(15)7-3-4-8(18-7)11(16)17/h3-4,6H,5H2,1-2H3,(H,12,15)(H,13,14)(H,16,17). The Morgan fingerprint density at radius 1 is 1.28 bits per heavy atom. The first-order valence-electron chi connectivity index (χ1n) is 5.31. The van der Waals surface area contributed by atoms with Crippen molar-refractivity contribution < 1.29 is 19.5 Å². The summed E-state index contributed by atoms with van der Waals surface area (Å²) in [4.78, 5) is 33.9. The normalized spacial score (nSPS) is 10.2. The second-order valence-electron chi connectivity index (χ2n) is 3.87. The Morgan fingerprint density at radius 2 is 1.89 bits per heavy atom. The van der Waals surface area contributed by atoms with E-state index in [0.717, 1.165) is 11.3 Å². The summed E-state index contributed by atoms with van der Waals surface area (Å²) in [6.45, 7) is 3.51. The minimum absolute atomic E-state index is 0.00903. The molecular weight excluding hydrogens is 256 g/mol. The predicted molar refractivity (Wildman–Crippen MR) is 66.9 cm³/mol. The van der Waals surface area contributed by atoms with Gasteiger partial charge in [-0.15, -0.1) is 11.3 Å². The molecule has 7 heteroatoms. The fourth-order valence-corrected chi connectivity index (χ4v) is 1.96. The summed E-state index contributed by atoms with van der Waals surface area (Å²) in [7, 11) is 0. The topological polar surface area (TPSA) is 95.5 Å². The maximum Gasteiger partial charge on any atom is 0.345 e. The molecule has 0 spiro atoms. The van der Waals surface area contributed by atoms with Crippen LogP contribution in [-0.2, 0) is 4.79 Å². The van der Waals surface area contributed by atoms with Gasteiger partial charge >= 0.3 is 5.97 Å². The quantitative estimate of drug-likeness (QED) is 0.734. The van der Waals surface area contributed by atoms with Crippen molar-refractivity contribution >= 4 is 29.1 Å². The molecule has 0 aliphatic heterocycles. The molecule has 0 aliphatic rings. The highest BCUT2D eigenvalue weighted by Gasteiger charge is 2.13. The molecule has 3 N–H and O–H groups in total. The van der Waals surface area contributed by atoms with E-state index in [2.05, 4.69) is 10.6 Å². The van der Waals surface area contributed by atoms with Crippen LogP contribution < -0.4 is 10.6 Å². The van der Waals surface area contributed by atoms with Gasteiger partial charge in [-0.2, -0.15) is 0 Å². The number of amides is 2. The van der Waals surface area contributed by atoms with Gasteiger partial charge in [0.15, 0.2) is 0 Å². The summed E-state index contributed by atoms with van der Waals surface area (Å²) in [5.74, 6) is -1.81. The Bertz CT molecular complexity index is 467. The van der Waals surface area contributed by atoms with Crippen LogP contribution in [0.15, 0.2) is 12.1 Å². The highest BCUT2D eigenvalue weighted by Crippen LogP contribution is 2.15. The zero-order chi connectivity index (χ0) is 13.7. The van der Waals surface area contributed by atoms with E-state index < -0.39 is 11.9 Å². The lowest BCUT2D eigenvalue weighted by Crippen LogP contribution is -2.39. The van der Waals surface area contributed by atoms with Crippen molar-refractivity contribution in [3.63, 3.8) is 0 Å². The van der Waals surface area contributed by atoms with E-state index >= 15 is 0 Å². The minimum atomic E-state index is -1.07. The Morgan fingerprint density at radius 3 is 2.39 bits per heavy atom. The Hall–Kier alpha value is -1.89. The number of aromatic carboxylic acids is 1. The minimum Gasteiger partial charge on any atom is -0.477 e. The van der Waals surface area contributed by atoms with E-state index in [9.17, 15) is 14.4 Å². The number of nitrogens with one attached hydrogen (secondary N) is 2. The number of rotatable bonds is 5. The van der Waals surface area contributed by atoms with Crippen LogP contribution in [0.4, 0.5) is 0 Å². The fraction of sp³-hybridized carbons (Fsp3) is 0.364. The van der Waals surface area contributed by atoms with Gasteiger partial charge in [0.25, 0.3) is 5.91 Å². The first kappa shape index (κ1) is 14.2. The summed E-state index contributed by atoms with van der Waals surface area (Å²) < 4.78 is 0. The van der Waals surface area contributed by atoms with Gasteiger partial charge in [-0.1, -0.05) is 0 Å². The largest absolute Gasteiger partial charge is 0.477 e. The number of carboxylic acid groups (broad SMARTS) is 1. The Balaban J connectivity index is 2.50. The van der Waals surface area contributed by atoms with Gasteiger partial charge in [-0.3, -0.25) is 9.59 Å². The van der Waals surface area contributed by atoms with E-state index in [1.807, 2.05) is 13.8 Å². The molecule has 98 valence electrons. The van der Waals surface area contributed by atoms with Crippen LogP contribution in [0.5, 0.6) is 0 Å². The van der Waals surface area contributed by atoms with E-state index in [4.69, 9.17) is 5.11 Å². The molecule has 0 unspecified atom stereocenters. The number of hydrogen-bond acceptors (Lipinski definition) is 4. The van der Waals surface area contributed by atoms with E-state index in [1.165, 1.54) is 12.1 Å². The zero-order valence-electron chi connectivity index (χ0n) is 10.0. The van der Waals surface area contributed by atoms with E-state index in [-0.39, 0.29) is 28.2 Å². The van der Waals surface area contributed by atoms with E-state index in [0.29, 0.717) is 0 Å². The van der Waals surface area contributed by atoms with Crippen LogP contribution in [0.1, 0.15) is 33.2 Å². The van der Waals surface area contributed by atoms with Gasteiger partial charge in [0, 0.05) is 6.04 Å². The number of hydrogen-bond donors (Lipinski definition) is 3. The van der Waals surface area contributed by atoms with Gasteiger partial charge in [-0.25, -0.2) is 4.79 Å². The molecule has 1 aromatic rings. The first-order valence-corrected chi connectivity index (χ1v) is 6.12. The zero-order valence-corrected chi connectivity index (χ0v) is 10.8. The summed E-state index contributed by atoms with van der Waals surface area (Å²) >= 11 is 0.871. The van der Waals surface area contributed by atoms with Crippen LogP contribution in [-0.4, -0.2) is 35.5 Å². The van der Waals surface area contributed by atoms with Crippen LogP contribution in [0.2, 0.25) is 0 Å². The third kappa shape index (κ3) is 4.17. The molecule has 18 heavy (non-hydrogen) atoms. The lowest BCUT2D eigenvalue weighted by Gasteiger charge is -2.08. The average Bonchev–Trinajstić information content (AvgIpc) is 2.74. The summed E-state index contributed by atoms with van der Waals surface area (Å²) in [6, 6.07) is 2.79. The first-order chi connectivity index (χ1) is 8.40. The molecule has 1 rings (SSSR count). The molecule has 0 aromatic carbocycles. The van der Waals surface area contributed by atoms with Gasteiger partial charge in [-0.05, 0) is 26.0 Å². The number of carbonyl (C=O) groups excluding carboxylic acids is 2. The third-order valence-corrected chi connectivity index (χ3v) is 2.97. The summed E-state index contributed by atoms with van der Waals surface area (Å²) in [5, 5.41) is 13.8. The summed E-state index contributed by atoms with van der Waals surface area (Å²) in [5.41, 5.74) is 0. The molecule has 0 bridgehead atoms. The smallest absolute Gasteiger partial charge is 0.345 e. The SMILES string of the molecule is CC(C)NC(=O)CNC(=O)c1ccc(C(=O)O)s1. The van der Waals surface area contributed by atoms with Crippen LogP contribution in [0.25, 0.3) is 0 Å². The maximum absolute atomic E-state index is 11.6. The van der Waals surface area contributed by atoms with Crippen molar-refractivity contribution in [2.24, 2.45) is 0 Å². The molecule has 0 aliphatic carbocycles. The van der Waals surface area contributed by atoms with Crippen LogP contribution in [0, 0.1) is 0 Å². The molecule has 6 nitrogen and oxygen atoms in total. The molecule has 0 saturated heterocycles. The van der Waals surface area contributed by atoms with Crippen LogP contribution >= 0.6 is 11.3 Å². The second kappa shape index (κ2) is 6.15. The maximum atomic E-state index is 11.6. The monoisotopic (exact) mass is 270 g/mol. The lowest BCUT2D eigenvalue weighted by atomic mass is 10.3. The van der Waals surface area contributed by atoms with Crippen molar-refractivity contribution in [2.75, 3.05) is 6.54 Å². The fourth-order valence-electron chi connectivity index (χ4n) is 1.20. The highest BCUT2D eigenvalue weighted by molar-refractivity contribution is 7.15. The Kier molecular flexibility index (Phi) is 4.85. The molecule has 0 fully saturated rings. The molecule has 0 saturated carbocycles. The molecule has 1 aromatic heterocycles. The third-order valence-electron chi connectivity index (χ3n) is 1.90. The van der Waals surface area contributed by atoms with Crippen molar-refractivity contribution in [2.45, 2.75) is 19.9 Å². The van der Waals surface area contributed by atoms with Crippen LogP contribution in [0.3, 0.4) is 0 Å². The van der Waals surface area contributed by atoms with Crippen molar-refractivity contribution in [1.29, 1.82) is 0 Å². The number of thiophene rings is 1. The van der Waals surface area contributed by atoms with Crippen molar-refractivity contribution in [1.82, 2.24) is 10.6 Å². The molecule has 2 amide bonds. The molecule has 0 radical (unpaired) electrons. The average molecular weight is 270 g/mol. The molecule has 0 atom stereocenters. The van der Waals surface area contributed by atoms with E-state index in [1.54, 1.807) is 0 Å². The number of carboxylic acids is 1. The van der Waals surface area contributed by atoms with Crippen molar-refractivity contribution in [3.8, 4) is 0 Å². The van der Waals surface area contributed by atoms with Crippen molar-refractivity contribution in [3.05, 3.63) is 21.9 Å². The second-order valence-corrected chi connectivity index (χ2v) is 4.96. The highest BCUT2D eigenvalue weighted by atomic mass is 32.1. The molecule has 1 heterocycles. The summed E-state index contributed by atoms with van der Waals surface area (Å²) in [6.07, 6.45) is 0. The van der Waals surface area contributed by atoms with Gasteiger partial charge in [0.05, 0.1) is 11.4 Å². The lowest BCUT2D eigenvalue weighted by molar-refractivity contribution is -0.120. The van der Waals surface area contributed by atoms with Gasteiger partial charge < -0.3 is 15.7 Å². The Labute approximate surface area is 108 Å². The van der Waals surface area contributed by atoms with Gasteiger partial charge in [0.2, 0.25) is 5.91 Å². The van der Waals surface area contributed by atoms with Gasteiger partial charge in [0.1, 0.15) is 4.88 Å². The predicted octanol–water partition coefficient (Wildman–Crippen LogP) is 0.701. The number of carbonyl (C=O) groups is 3. The molecular formula is C11H14N2O4S.